The molecule has 0 saturated heterocycles. The van der Waals surface area contributed by atoms with Gasteiger partial charge in [0.2, 0.25) is 0 Å². The summed E-state index contributed by atoms with van der Waals surface area (Å²) in [5.74, 6) is 0. The van der Waals surface area contributed by atoms with Gasteiger partial charge in [0.25, 0.3) is 0 Å². The zero-order chi connectivity index (χ0) is 4.99. The van der Waals surface area contributed by atoms with Gasteiger partial charge in [-0.2, -0.15) is 0 Å². The summed E-state index contributed by atoms with van der Waals surface area (Å²) in [6.07, 6.45) is 0. The molecule has 7 heavy (non-hydrogen) atoms. The van der Waals surface area contributed by atoms with Crippen LogP contribution < -0.4 is 0 Å². The topological polar surface area (TPSA) is 57.8 Å². The molecule has 4 heteroatoms. The molecule has 0 atom stereocenters. The minimum Gasteiger partial charge on any atom is -0.454 e. The summed E-state index contributed by atoms with van der Waals surface area (Å²) < 4.78 is 4.17. The van der Waals surface area contributed by atoms with Crippen LogP contribution >= 0.6 is 11.6 Å². The molecule has 0 bridgehead atoms. The van der Waals surface area contributed by atoms with Gasteiger partial charge in [-0.3, -0.25) is 0 Å². The van der Waals surface area contributed by atoms with E-state index < -0.39 is 5.43 Å². The smallest absolute Gasteiger partial charge is 0.403 e. The van der Waals surface area contributed by atoms with Crippen LogP contribution in [-0.2, 0) is 4.74 Å². The van der Waals surface area contributed by atoms with Gasteiger partial charge in [-0.1, -0.05) is 0 Å². The van der Waals surface area contributed by atoms with Crippen LogP contribution in [0.25, 0.3) is 0 Å². The molecule has 0 aliphatic carbocycles. The van der Waals surface area contributed by atoms with Gasteiger partial charge in [0, 0.05) is 11.6 Å². The van der Waals surface area contributed by atoms with Crippen LogP contribution in [0.4, 0.5) is 4.79 Å². The van der Waals surface area contributed by atoms with Crippen molar-refractivity contribution in [2.24, 2.45) is 0 Å². The van der Waals surface area contributed by atoms with Crippen molar-refractivity contribution in [3.05, 3.63) is 0 Å². The van der Waals surface area contributed by atoms with Crippen molar-refractivity contribution < 1.29 is 15.0 Å². The van der Waals surface area contributed by atoms with Crippen molar-refractivity contribution >= 4 is 17.0 Å². The Morgan fingerprint density at radius 2 is 2.29 bits per heavy atom. The van der Waals surface area contributed by atoms with Gasteiger partial charge in [-0.15, -0.1) is 0 Å². The van der Waals surface area contributed by atoms with Crippen molar-refractivity contribution in [3.8, 4) is 0 Å². The Morgan fingerprint density at radius 3 is 2.29 bits per heavy atom. The Morgan fingerprint density at radius 1 is 1.86 bits per heavy atom. The van der Waals surface area contributed by atoms with Crippen molar-refractivity contribution in [1.29, 1.82) is 0 Å². The summed E-state index contributed by atoms with van der Waals surface area (Å²) in [6, 6.07) is 0. The second-order valence-corrected chi connectivity index (χ2v) is 0.979. The number of hydrogen-bond acceptors (Lipinski definition) is 2. The van der Waals surface area contributed by atoms with Gasteiger partial charge < -0.3 is 10.2 Å². The van der Waals surface area contributed by atoms with Crippen LogP contribution in [0.15, 0.2) is 0 Å². The first-order chi connectivity index (χ1) is 2.77. The number of ether oxygens (including phenoxy) is 1. The Bertz CT molecular complexity index is 54.1. The minimum absolute atomic E-state index is 0. The average molecular weight is 127 g/mol. The Kier molecular flexibility index (Phi) is 8.06. The molecule has 0 radical (unpaired) electrons. The lowest BCUT2D eigenvalue weighted by Crippen LogP contribution is -1.89. The SMILES string of the molecule is CCOC(=O)Cl.O. The molecule has 2 N–H and O–H groups in total. The molecule has 44 valence electrons. The van der Waals surface area contributed by atoms with E-state index in [1.165, 1.54) is 0 Å². The molecule has 0 fully saturated rings. The fraction of sp³-hybridized carbons (Fsp3) is 0.667. The number of carbonyl (C=O) groups excluding carboxylic acids is 1. The van der Waals surface area contributed by atoms with E-state index in [-0.39, 0.29) is 5.48 Å². The normalized spacial score (nSPS) is 6.57. The van der Waals surface area contributed by atoms with Gasteiger partial charge in [0.05, 0.1) is 6.61 Å². The monoisotopic (exact) mass is 126 g/mol. The van der Waals surface area contributed by atoms with Gasteiger partial charge in [0.15, 0.2) is 0 Å². The Balaban J connectivity index is 0. The highest BCUT2D eigenvalue weighted by molar-refractivity contribution is 6.61. The van der Waals surface area contributed by atoms with Crippen LogP contribution in [-0.4, -0.2) is 17.5 Å². The molecular weight excluding hydrogens is 119 g/mol. The second kappa shape index (κ2) is 5.72. The van der Waals surface area contributed by atoms with E-state index in [4.69, 9.17) is 11.6 Å². The van der Waals surface area contributed by atoms with Gasteiger partial charge in [-0.25, -0.2) is 4.79 Å². The van der Waals surface area contributed by atoms with Crippen molar-refractivity contribution in [3.63, 3.8) is 0 Å². The van der Waals surface area contributed by atoms with Crippen LogP contribution in [0.5, 0.6) is 0 Å². The zero-order valence-electron chi connectivity index (χ0n) is 3.90. The summed E-state index contributed by atoms with van der Waals surface area (Å²) >= 11 is 4.72. The zero-order valence-corrected chi connectivity index (χ0v) is 4.66. The first-order valence-corrected chi connectivity index (χ1v) is 1.97. The summed E-state index contributed by atoms with van der Waals surface area (Å²) in [4.78, 5) is 9.59. The maximum absolute atomic E-state index is 9.59. The maximum atomic E-state index is 9.59. The Hall–Kier alpha value is -0.280. The fourth-order valence-electron chi connectivity index (χ4n) is 0.113. The lowest BCUT2D eigenvalue weighted by molar-refractivity contribution is 0.180. The summed E-state index contributed by atoms with van der Waals surface area (Å²) in [7, 11) is 0. The minimum atomic E-state index is -0.738. The number of hydrogen-bond donors (Lipinski definition) is 0. The molecule has 0 spiro atoms. The third-order valence-corrected chi connectivity index (χ3v) is 0.367. The largest absolute Gasteiger partial charge is 0.454 e. The number of rotatable bonds is 1. The average Bonchev–Trinajstić information content (AvgIpc) is 1.35. The van der Waals surface area contributed by atoms with Gasteiger partial charge in [0.1, 0.15) is 0 Å². The van der Waals surface area contributed by atoms with E-state index in [2.05, 4.69) is 4.74 Å². The molecule has 0 aliphatic rings. The molecule has 0 amide bonds. The molecule has 0 rings (SSSR count). The van der Waals surface area contributed by atoms with Crippen molar-refractivity contribution in [1.82, 2.24) is 0 Å². The van der Waals surface area contributed by atoms with Crippen molar-refractivity contribution in [2.45, 2.75) is 6.92 Å². The highest BCUT2D eigenvalue weighted by Crippen LogP contribution is 1.82. The number of carbonyl (C=O) groups is 1. The van der Waals surface area contributed by atoms with Gasteiger partial charge >= 0.3 is 5.43 Å². The predicted molar refractivity (Wildman–Crippen MR) is 26.5 cm³/mol. The Labute approximate surface area is 46.5 Å². The molecule has 3 nitrogen and oxygen atoms in total. The standard InChI is InChI=1S/C3H5ClO2.H2O/c1-2-6-3(4)5;/h2H2,1H3;1H2. The van der Waals surface area contributed by atoms with Gasteiger partial charge in [-0.05, 0) is 6.92 Å². The maximum Gasteiger partial charge on any atom is 0.403 e. The van der Waals surface area contributed by atoms with E-state index in [0.29, 0.717) is 6.61 Å². The summed E-state index contributed by atoms with van der Waals surface area (Å²) in [5, 5.41) is 0. The van der Waals surface area contributed by atoms with E-state index in [1.54, 1.807) is 6.92 Å². The third kappa shape index (κ3) is 10.7. The molecule has 0 aromatic heterocycles. The molecule has 0 aliphatic heterocycles. The summed E-state index contributed by atoms with van der Waals surface area (Å²) in [5.41, 5.74) is -0.738. The van der Waals surface area contributed by atoms with E-state index in [1.807, 2.05) is 0 Å². The lowest BCUT2D eigenvalue weighted by Gasteiger charge is -1.86. The molecule has 0 aromatic carbocycles. The molecule has 0 saturated carbocycles. The van der Waals surface area contributed by atoms with Crippen LogP contribution in [0.1, 0.15) is 6.92 Å². The number of halogens is 1. The van der Waals surface area contributed by atoms with Crippen LogP contribution in [0, 0.1) is 0 Å². The molecular formula is C3H7ClO3. The second-order valence-electron chi connectivity index (χ2n) is 0.671. The third-order valence-electron chi connectivity index (χ3n) is 0.258. The molecule has 0 aromatic rings. The predicted octanol–water partition coefficient (Wildman–Crippen LogP) is 0.557. The highest BCUT2D eigenvalue weighted by atomic mass is 35.5. The summed E-state index contributed by atoms with van der Waals surface area (Å²) in [6.45, 7) is 2.04. The van der Waals surface area contributed by atoms with E-state index >= 15 is 0 Å². The van der Waals surface area contributed by atoms with Crippen LogP contribution in [0.3, 0.4) is 0 Å². The first kappa shape index (κ1) is 9.87. The highest BCUT2D eigenvalue weighted by Gasteiger charge is 1.85. The van der Waals surface area contributed by atoms with E-state index in [0.717, 1.165) is 0 Å². The van der Waals surface area contributed by atoms with Crippen LogP contribution in [0.2, 0.25) is 0 Å². The lowest BCUT2D eigenvalue weighted by atomic mass is 10.9. The fourth-order valence-corrected chi connectivity index (χ4v) is 0.223. The quantitative estimate of drug-likeness (QED) is 0.482. The van der Waals surface area contributed by atoms with Crippen molar-refractivity contribution in [2.75, 3.05) is 6.61 Å². The molecule has 0 heterocycles. The molecule has 0 unspecified atom stereocenters. The first-order valence-electron chi connectivity index (χ1n) is 1.59. The van der Waals surface area contributed by atoms with E-state index in [9.17, 15) is 4.79 Å².